The van der Waals surface area contributed by atoms with E-state index in [9.17, 15) is 33.7 Å². The van der Waals surface area contributed by atoms with Crippen molar-refractivity contribution in [3.63, 3.8) is 0 Å². The van der Waals surface area contributed by atoms with E-state index in [1.54, 1.807) is 18.7 Å². The topological polar surface area (TPSA) is 107 Å². The second kappa shape index (κ2) is 13.1. The average Bonchev–Trinajstić information content (AvgIpc) is 3.33. The van der Waals surface area contributed by atoms with Crippen molar-refractivity contribution in [1.82, 2.24) is 4.90 Å². The van der Waals surface area contributed by atoms with Crippen LogP contribution in [0.1, 0.15) is 139 Å². The fraction of sp³-hybridized carbons (Fsp3) is 0.905. The Morgan fingerprint density at radius 1 is 0.902 bits per heavy atom. The number of aliphatic hydroxyl groups excluding tert-OH is 2. The predicted octanol–water partition coefficient (Wildman–Crippen LogP) is 7.90. The first kappa shape index (κ1) is 39.3. The molecule has 3 N–H and O–H groups in total. The lowest BCUT2D eigenvalue weighted by Crippen LogP contribution is -2.63. The summed E-state index contributed by atoms with van der Waals surface area (Å²) in [6, 6.07) is 0. The fourth-order valence-corrected chi connectivity index (χ4v) is 13.5. The standard InChI is InChI=1S/C42H67F2NO6/c1-24(2)33-28(46)14-17-40(8,35(48)45-21-20-42(43,44)23-45)27-12-11-26-25(34(27)33)10-13-30-39(26,7)18-15-29-38(5,6)31(16-19-41(29,30)9)51-32(47)22-37(3,4)36(49)50/h24-27,29-31,35-36,48-50H,10-23H2,1-9H3. The van der Waals surface area contributed by atoms with Crippen LogP contribution in [0.15, 0.2) is 11.1 Å². The summed E-state index contributed by atoms with van der Waals surface area (Å²) >= 11 is 0. The number of allylic oxidation sites excluding steroid dienone is 2. The Hall–Kier alpha value is -1.42. The highest BCUT2D eigenvalue weighted by molar-refractivity contribution is 5.97. The van der Waals surface area contributed by atoms with Crippen LogP contribution in [-0.2, 0) is 14.3 Å². The Balaban J connectivity index is 1.28. The lowest BCUT2D eigenvalue weighted by molar-refractivity contribution is -0.216. The summed E-state index contributed by atoms with van der Waals surface area (Å²) in [5, 5.41) is 31.5. The van der Waals surface area contributed by atoms with Gasteiger partial charge < -0.3 is 20.1 Å². The first-order valence-corrected chi connectivity index (χ1v) is 20.1. The zero-order valence-electron chi connectivity index (χ0n) is 32.9. The first-order chi connectivity index (χ1) is 23.5. The molecule has 290 valence electrons. The van der Waals surface area contributed by atoms with Gasteiger partial charge >= 0.3 is 5.97 Å². The second-order valence-electron chi connectivity index (χ2n) is 20.4. The number of Topliss-reactive ketones (excluding diaryl/α,β-unsaturated/α-hetero) is 1. The van der Waals surface area contributed by atoms with Crippen molar-refractivity contribution in [1.29, 1.82) is 0 Å². The highest BCUT2D eigenvalue weighted by Gasteiger charge is 2.66. The monoisotopic (exact) mass is 719 g/mol. The minimum Gasteiger partial charge on any atom is -0.462 e. The molecule has 10 atom stereocenters. The Labute approximate surface area is 305 Å². The minimum atomic E-state index is -2.80. The van der Waals surface area contributed by atoms with Gasteiger partial charge in [0.25, 0.3) is 5.92 Å². The third-order valence-corrected chi connectivity index (χ3v) is 16.3. The highest BCUT2D eigenvalue weighted by Crippen LogP contribution is 2.72. The van der Waals surface area contributed by atoms with E-state index < -0.39 is 35.8 Å². The van der Waals surface area contributed by atoms with Crippen molar-refractivity contribution in [3.8, 4) is 0 Å². The molecule has 6 aliphatic rings. The number of carbonyl (C=O) groups is 2. The molecule has 0 aromatic carbocycles. The van der Waals surface area contributed by atoms with E-state index in [-0.39, 0.29) is 71.2 Å². The van der Waals surface area contributed by atoms with Gasteiger partial charge in [0.2, 0.25) is 0 Å². The van der Waals surface area contributed by atoms with Gasteiger partial charge in [0.05, 0.1) is 13.0 Å². The number of hydrogen-bond acceptors (Lipinski definition) is 7. The summed E-state index contributed by atoms with van der Waals surface area (Å²) < 4.78 is 35.0. The van der Waals surface area contributed by atoms with Gasteiger partial charge in [-0.05, 0) is 110 Å². The van der Waals surface area contributed by atoms with Crippen LogP contribution in [0.2, 0.25) is 0 Å². The lowest BCUT2D eigenvalue weighted by atomic mass is 9.36. The van der Waals surface area contributed by atoms with Gasteiger partial charge in [-0.3, -0.25) is 14.5 Å². The summed E-state index contributed by atoms with van der Waals surface area (Å²) in [6.07, 6.45) is 5.49. The fourth-order valence-electron chi connectivity index (χ4n) is 13.5. The van der Waals surface area contributed by atoms with Crippen LogP contribution >= 0.6 is 0 Å². The van der Waals surface area contributed by atoms with Gasteiger partial charge in [-0.2, -0.15) is 0 Å². The van der Waals surface area contributed by atoms with Crippen molar-refractivity contribution in [2.45, 2.75) is 164 Å². The molecule has 1 saturated heterocycles. The molecule has 0 spiro atoms. The molecule has 0 radical (unpaired) electrons. The summed E-state index contributed by atoms with van der Waals surface area (Å²) in [4.78, 5) is 28.8. The number of ketones is 1. The average molecular weight is 720 g/mol. The molecule has 4 saturated carbocycles. The molecule has 51 heavy (non-hydrogen) atoms. The smallest absolute Gasteiger partial charge is 0.306 e. The van der Waals surface area contributed by atoms with E-state index in [1.165, 1.54) is 5.57 Å². The number of carbonyl (C=O) groups excluding carboxylic acids is 2. The van der Waals surface area contributed by atoms with E-state index in [4.69, 9.17) is 4.74 Å². The zero-order chi connectivity index (χ0) is 37.7. The Bertz CT molecular complexity index is 1410. The van der Waals surface area contributed by atoms with Crippen LogP contribution in [0.4, 0.5) is 8.78 Å². The highest BCUT2D eigenvalue weighted by atomic mass is 19.3. The Kier molecular flexibility index (Phi) is 10.1. The maximum atomic E-state index is 14.4. The molecule has 1 aliphatic heterocycles. The van der Waals surface area contributed by atoms with E-state index in [0.29, 0.717) is 30.6 Å². The molecule has 10 unspecified atom stereocenters. The van der Waals surface area contributed by atoms with Crippen LogP contribution in [0.3, 0.4) is 0 Å². The van der Waals surface area contributed by atoms with Crippen LogP contribution in [0, 0.1) is 62.6 Å². The van der Waals surface area contributed by atoms with Gasteiger partial charge in [-0.1, -0.05) is 67.9 Å². The van der Waals surface area contributed by atoms with Crippen molar-refractivity contribution in [3.05, 3.63) is 11.1 Å². The predicted molar refractivity (Wildman–Crippen MR) is 192 cm³/mol. The minimum absolute atomic E-state index is 0.0140. The van der Waals surface area contributed by atoms with Gasteiger partial charge in [0.15, 0.2) is 12.1 Å². The molecule has 5 fully saturated rings. The summed E-state index contributed by atoms with van der Waals surface area (Å²) in [6.45, 7) is 18.9. The third-order valence-electron chi connectivity index (χ3n) is 16.3. The third kappa shape index (κ3) is 6.38. The number of rotatable bonds is 7. The maximum absolute atomic E-state index is 14.4. The van der Waals surface area contributed by atoms with Crippen LogP contribution in [0.5, 0.6) is 0 Å². The van der Waals surface area contributed by atoms with Crippen molar-refractivity contribution in [2.24, 2.45) is 62.6 Å². The molecule has 5 aliphatic carbocycles. The molecular formula is C42H67F2NO6. The van der Waals surface area contributed by atoms with E-state index >= 15 is 0 Å². The maximum Gasteiger partial charge on any atom is 0.306 e. The van der Waals surface area contributed by atoms with Crippen molar-refractivity contribution < 1.29 is 38.4 Å². The number of nitrogens with zero attached hydrogens (tertiary/aromatic N) is 1. The van der Waals surface area contributed by atoms with Gasteiger partial charge in [0, 0.05) is 35.6 Å². The number of likely N-dealkylation sites (tertiary alicyclic amines) is 1. The van der Waals surface area contributed by atoms with Crippen LogP contribution in [-0.4, -0.2) is 69.6 Å². The molecule has 0 bridgehead atoms. The summed E-state index contributed by atoms with van der Waals surface area (Å²) in [7, 11) is 0. The Morgan fingerprint density at radius 2 is 1.57 bits per heavy atom. The van der Waals surface area contributed by atoms with Crippen LogP contribution in [0.25, 0.3) is 0 Å². The number of halogens is 2. The van der Waals surface area contributed by atoms with Gasteiger partial charge in [-0.15, -0.1) is 0 Å². The number of fused-ring (bicyclic) bond motifs is 7. The summed E-state index contributed by atoms with van der Waals surface area (Å²) in [5.41, 5.74) is 0.429. The number of esters is 1. The lowest BCUT2D eigenvalue weighted by Gasteiger charge is -2.68. The van der Waals surface area contributed by atoms with Gasteiger partial charge in [-0.25, -0.2) is 8.78 Å². The van der Waals surface area contributed by atoms with E-state index in [2.05, 4.69) is 48.5 Å². The molecule has 0 amide bonds. The van der Waals surface area contributed by atoms with Crippen molar-refractivity contribution >= 4 is 11.8 Å². The van der Waals surface area contributed by atoms with Crippen LogP contribution < -0.4 is 0 Å². The zero-order valence-corrected chi connectivity index (χ0v) is 32.9. The second-order valence-corrected chi connectivity index (χ2v) is 20.4. The molecule has 0 aromatic rings. The first-order valence-electron chi connectivity index (χ1n) is 20.1. The van der Waals surface area contributed by atoms with E-state index in [0.717, 1.165) is 56.9 Å². The molecule has 9 heteroatoms. The molecule has 6 rings (SSSR count). The largest absolute Gasteiger partial charge is 0.462 e. The SMILES string of the molecule is CC(C)C1=C2C3CCC4C(C)(CCC5C(C)(C)C(OC(=O)CC(C)(C)C(O)O)CCC54C)C3CCC2C(C)(C(O)N2CCC(F)(F)C2)CCC1=O. The normalized spacial score (nSPS) is 41.8. The van der Waals surface area contributed by atoms with E-state index in [1.807, 2.05) is 0 Å². The van der Waals surface area contributed by atoms with Crippen molar-refractivity contribution in [2.75, 3.05) is 13.1 Å². The molecule has 7 nitrogen and oxygen atoms in total. The number of alkyl halides is 2. The van der Waals surface area contributed by atoms with Gasteiger partial charge in [0.1, 0.15) is 12.3 Å². The Morgan fingerprint density at radius 3 is 2.18 bits per heavy atom. The number of hydrogen-bond donors (Lipinski definition) is 3. The molecule has 1 heterocycles. The number of aliphatic hydroxyl groups is 3. The quantitative estimate of drug-likeness (QED) is 0.181. The number of ether oxygens (including phenoxy) is 1. The molecular weight excluding hydrogens is 652 g/mol. The molecule has 0 aromatic heterocycles. The summed E-state index contributed by atoms with van der Waals surface area (Å²) in [5.74, 6) is -1.45.